The average Bonchev–Trinajstić information content (AvgIpc) is 3.57. The Labute approximate surface area is 184 Å². The van der Waals surface area contributed by atoms with E-state index < -0.39 is 0 Å². The molecule has 0 bridgehead atoms. The summed E-state index contributed by atoms with van der Waals surface area (Å²) in [5.41, 5.74) is 2.10. The van der Waals surface area contributed by atoms with Gasteiger partial charge in [-0.2, -0.15) is 0 Å². The highest BCUT2D eigenvalue weighted by atomic mass is 16.4. The number of furan rings is 1. The van der Waals surface area contributed by atoms with E-state index in [2.05, 4.69) is 4.98 Å². The molecule has 0 N–H and O–H groups in total. The maximum atomic E-state index is 13.3. The minimum atomic E-state index is -0.157. The van der Waals surface area contributed by atoms with E-state index in [4.69, 9.17) is 8.83 Å². The highest BCUT2D eigenvalue weighted by Gasteiger charge is 2.28. The van der Waals surface area contributed by atoms with Gasteiger partial charge in [0, 0.05) is 37.3 Å². The van der Waals surface area contributed by atoms with Gasteiger partial charge in [-0.25, -0.2) is 4.98 Å². The molecule has 7 nitrogen and oxygen atoms in total. The molecule has 2 aromatic carbocycles. The fraction of sp³-hybridized carbons (Fsp3) is 0.160. The van der Waals surface area contributed by atoms with Crippen molar-refractivity contribution in [2.24, 2.45) is 0 Å². The highest BCUT2D eigenvalue weighted by Crippen LogP contribution is 2.29. The summed E-state index contributed by atoms with van der Waals surface area (Å²) in [5.74, 6) is 1.10. The van der Waals surface area contributed by atoms with Crippen LogP contribution in [0, 0.1) is 0 Å². The number of hydrogen-bond donors (Lipinski definition) is 0. The number of hydrogen-bond acceptors (Lipinski definition) is 5. The molecule has 1 aliphatic heterocycles. The maximum Gasteiger partial charge on any atom is 0.289 e. The first-order chi connectivity index (χ1) is 15.7. The molecule has 1 fully saturated rings. The molecule has 2 aromatic heterocycles. The van der Waals surface area contributed by atoms with E-state index in [0.29, 0.717) is 54.7 Å². The van der Waals surface area contributed by atoms with E-state index in [1.807, 2.05) is 48.5 Å². The van der Waals surface area contributed by atoms with E-state index in [0.717, 1.165) is 5.56 Å². The molecule has 0 aliphatic carbocycles. The van der Waals surface area contributed by atoms with Crippen molar-refractivity contribution in [2.75, 3.05) is 26.2 Å². The monoisotopic (exact) mass is 427 g/mol. The zero-order chi connectivity index (χ0) is 21.9. The Morgan fingerprint density at radius 3 is 2.19 bits per heavy atom. The molecule has 0 atom stereocenters. The van der Waals surface area contributed by atoms with Gasteiger partial charge < -0.3 is 18.6 Å². The maximum absolute atomic E-state index is 13.3. The number of amides is 2. The number of rotatable bonds is 4. The highest BCUT2D eigenvalue weighted by molar-refractivity contribution is 6.00. The Hall–Kier alpha value is -4.13. The molecule has 0 unspecified atom stereocenters. The number of carbonyl (C=O) groups is 2. The van der Waals surface area contributed by atoms with Gasteiger partial charge in [-0.1, -0.05) is 42.5 Å². The number of aromatic nitrogens is 1. The van der Waals surface area contributed by atoms with Gasteiger partial charge >= 0.3 is 0 Å². The summed E-state index contributed by atoms with van der Waals surface area (Å²) in [5, 5.41) is 0. The van der Waals surface area contributed by atoms with Crippen molar-refractivity contribution in [1.29, 1.82) is 0 Å². The van der Waals surface area contributed by atoms with E-state index in [1.54, 1.807) is 34.2 Å². The van der Waals surface area contributed by atoms with Crippen LogP contribution in [0.3, 0.4) is 0 Å². The third-order valence-corrected chi connectivity index (χ3v) is 5.54. The third kappa shape index (κ3) is 3.80. The fourth-order valence-corrected chi connectivity index (χ4v) is 3.83. The standard InChI is InChI=1S/C25H21N3O4/c29-24(27-12-14-28(15-13-27)25(30)21-11-6-16-31-21)20-10-5-4-9-19(20)23-26-17-22(32-23)18-7-2-1-3-8-18/h1-11,16-17H,12-15H2. The van der Waals surface area contributed by atoms with Crippen molar-refractivity contribution in [3.8, 4) is 22.8 Å². The molecular weight excluding hydrogens is 406 g/mol. The van der Waals surface area contributed by atoms with Crippen molar-refractivity contribution in [3.63, 3.8) is 0 Å². The minimum absolute atomic E-state index is 0.106. The van der Waals surface area contributed by atoms with Crippen molar-refractivity contribution < 1.29 is 18.4 Å². The SMILES string of the molecule is O=C(c1ccco1)N1CCN(C(=O)c2ccccc2-c2ncc(-c3ccccc3)o2)CC1. The molecule has 1 saturated heterocycles. The van der Waals surface area contributed by atoms with Gasteiger partial charge in [0.05, 0.1) is 18.0 Å². The lowest BCUT2D eigenvalue weighted by Gasteiger charge is -2.34. The molecule has 0 radical (unpaired) electrons. The Balaban J connectivity index is 1.33. The van der Waals surface area contributed by atoms with Crippen molar-refractivity contribution in [2.45, 2.75) is 0 Å². The van der Waals surface area contributed by atoms with E-state index in [-0.39, 0.29) is 11.8 Å². The molecule has 0 spiro atoms. The number of benzene rings is 2. The fourth-order valence-electron chi connectivity index (χ4n) is 3.83. The molecule has 1 aliphatic rings. The summed E-state index contributed by atoms with van der Waals surface area (Å²) in [6.45, 7) is 1.79. The predicted molar refractivity (Wildman–Crippen MR) is 118 cm³/mol. The number of nitrogens with zero attached hydrogens (tertiary/aromatic N) is 3. The van der Waals surface area contributed by atoms with Crippen LogP contribution in [0.25, 0.3) is 22.8 Å². The first-order valence-corrected chi connectivity index (χ1v) is 10.4. The summed E-state index contributed by atoms with van der Waals surface area (Å²) < 4.78 is 11.2. The van der Waals surface area contributed by atoms with Crippen LogP contribution in [-0.4, -0.2) is 52.8 Å². The van der Waals surface area contributed by atoms with Crippen LogP contribution >= 0.6 is 0 Å². The Morgan fingerprint density at radius 1 is 0.781 bits per heavy atom. The lowest BCUT2D eigenvalue weighted by molar-refractivity contribution is 0.0518. The molecule has 3 heterocycles. The second-order valence-corrected chi connectivity index (χ2v) is 7.50. The van der Waals surface area contributed by atoms with Gasteiger partial charge in [0.1, 0.15) is 0 Å². The van der Waals surface area contributed by atoms with Gasteiger partial charge in [-0.3, -0.25) is 9.59 Å². The van der Waals surface area contributed by atoms with Crippen molar-refractivity contribution in [3.05, 3.63) is 90.5 Å². The molecule has 7 heteroatoms. The van der Waals surface area contributed by atoms with Crippen LogP contribution in [0.1, 0.15) is 20.9 Å². The summed E-state index contributed by atoms with van der Waals surface area (Å²) >= 11 is 0. The van der Waals surface area contributed by atoms with Gasteiger partial charge in [-0.15, -0.1) is 0 Å². The van der Waals surface area contributed by atoms with Crippen LogP contribution < -0.4 is 0 Å². The van der Waals surface area contributed by atoms with E-state index in [9.17, 15) is 9.59 Å². The van der Waals surface area contributed by atoms with Gasteiger partial charge in [-0.05, 0) is 24.3 Å². The van der Waals surface area contributed by atoms with Crippen LogP contribution in [0.5, 0.6) is 0 Å². The van der Waals surface area contributed by atoms with E-state index in [1.165, 1.54) is 6.26 Å². The number of oxazole rings is 1. The van der Waals surface area contributed by atoms with Gasteiger partial charge in [0.2, 0.25) is 5.89 Å². The molecule has 2 amide bonds. The number of carbonyl (C=O) groups excluding carboxylic acids is 2. The molecule has 160 valence electrons. The molecule has 0 saturated carbocycles. The summed E-state index contributed by atoms with van der Waals surface area (Å²) in [7, 11) is 0. The molecule has 4 aromatic rings. The van der Waals surface area contributed by atoms with Crippen LogP contribution in [-0.2, 0) is 0 Å². The first kappa shape index (κ1) is 19.8. The smallest absolute Gasteiger partial charge is 0.289 e. The second-order valence-electron chi connectivity index (χ2n) is 7.50. The van der Waals surface area contributed by atoms with E-state index >= 15 is 0 Å². The molecule has 5 rings (SSSR count). The Bertz CT molecular complexity index is 1220. The van der Waals surface area contributed by atoms with Crippen LogP contribution in [0.15, 0.2) is 88.0 Å². The van der Waals surface area contributed by atoms with Gasteiger partial charge in [0.15, 0.2) is 11.5 Å². The topological polar surface area (TPSA) is 79.8 Å². The normalized spacial score (nSPS) is 13.9. The minimum Gasteiger partial charge on any atom is -0.459 e. The largest absolute Gasteiger partial charge is 0.459 e. The second kappa shape index (κ2) is 8.55. The molecular formula is C25H21N3O4. The predicted octanol–water partition coefficient (Wildman–Crippen LogP) is 4.20. The quantitative estimate of drug-likeness (QED) is 0.488. The first-order valence-electron chi connectivity index (χ1n) is 10.4. The number of piperazine rings is 1. The summed E-state index contributed by atoms with van der Waals surface area (Å²) in [4.78, 5) is 33.7. The van der Waals surface area contributed by atoms with Crippen molar-refractivity contribution >= 4 is 11.8 Å². The van der Waals surface area contributed by atoms with Crippen LogP contribution in [0.2, 0.25) is 0 Å². The van der Waals surface area contributed by atoms with Crippen LogP contribution in [0.4, 0.5) is 0 Å². The molecule has 32 heavy (non-hydrogen) atoms. The zero-order valence-corrected chi connectivity index (χ0v) is 17.3. The lowest BCUT2D eigenvalue weighted by Crippen LogP contribution is -2.50. The third-order valence-electron chi connectivity index (χ3n) is 5.54. The Kier molecular flexibility index (Phi) is 5.29. The lowest BCUT2D eigenvalue weighted by atomic mass is 10.1. The summed E-state index contributed by atoms with van der Waals surface area (Å²) in [6, 6.07) is 20.4. The zero-order valence-electron chi connectivity index (χ0n) is 17.3. The Morgan fingerprint density at radius 2 is 1.47 bits per heavy atom. The summed E-state index contributed by atoms with van der Waals surface area (Å²) in [6.07, 6.45) is 3.15. The van der Waals surface area contributed by atoms with Gasteiger partial charge in [0.25, 0.3) is 11.8 Å². The van der Waals surface area contributed by atoms with Crippen molar-refractivity contribution in [1.82, 2.24) is 14.8 Å². The average molecular weight is 427 g/mol.